The minimum atomic E-state index is -0.555. The van der Waals surface area contributed by atoms with E-state index in [4.69, 9.17) is 44.5 Å². The molecule has 0 saturated carbocycles. The number of benzene rings is 2. The molecule has 1 aliphatic heterocycles. The van der Waals surface area contributed by atoms with Crippen LogP contribution in [0.2, 0.25) is 15.1 Å². The number of carbonyl (C=O) groups excluding carboxylic acids is 1. The van der Waals surface area contributed by atoms with Crippen LogP contribution in [0.25, 0.3) is 22.3 Å². The molecule has 8 nitrogen and oxygen atoms in total. The normalized spacial score (nSPS) is 15.8. The van der Waals surface area contributed by atoms with Crippen LogP contribution in [0.1, 0.15) is 39.2 Å². The number of aromatic hydroxyl groups is 1. The first kappa shape index (κ1) is 29.3. The monoisotopic (exact) mass is 615 g/mol. The van der Waals surface area contributed by atoms with E-state index in [0.29, 0.717) is 42.2 Å². The maximum absolute atomic E-state index is 12.8. The SMILES string of the molecule is CC(C)(C)OC(=O)N1CCCC(Cn2c(-c3c(Cl)cccc3Cl)cc3cnc(NCc4ccc(O)c(Cl)c4)nc32)C1. The molecule has 41 heavy (non-hydrogen) atoms. The summed E-state index contributed by atoms with van der Waals surface area (Å²) in [6, 6.07) is 12.5. The lowest BCUT2D eigenvalue weighted by Gasteiger charge is -2.34. The van der Waals surface area contributed by atoms with Crippen molar-refractivity contribution in [2.45, 2.75) is 52.3 Å². The van der Waals surface area contributed by atoms with Crippen molar-refractivity contribution in [3.63, 3.8) is 0 Å². The standard InChI is InChI=1S/C30H32Cl3N5O3/c1-30(2,3)41-29(40)37-11-5-6-19(16-37)17-38-24(26-21(31)7-4-8-22(26)32)13-20-15-35-28(36-27(20)38)34-14-18-9-10-25(39)23(33)12-18/h4,7-10,12-13,15,19,39H,5-6,11,14,16-17H2,1-3H3,(H,34,35,36). The predicted octanol–water partition coefficient (Wildman–Crippen LogP) is 8.02. The summed E-state index contributed by atoms with van der Waals surface area (Å²) in [6.45, 7) is 7.88. The molecule has 1 unspecified atom stereocenters. The van der Waals surface area contributed by atoms with Gasteiger partial charge in [0.1, 0.15) is 17.0 Å². The summed E-state index contributed by atoms with van der Waals surface area (Å²) in [7, 11) is 0. The third-order valence-electron chi connectivity index (χ3n) is 6.93. The van der Waals surface area contributed by atoms with Gasteiger partial charge in [0.25, 0.3) is 0 Å². The Morgan fingerprint density at radius 3 is 2.59 bits per heavy atom. The second-order valence-electron chi connectivity index (χ2n) is 11.3. The number of fused-ring (bicyclic) bond motifs is 1. The lowest BCUT2D eigenvalue weighted by molar-refractivity contribution is 0.0158. The van der Waals surface area contributed by atoms with Gasteiger partial charge in [-0.2, -0.15) is 4.98 Å². The summed E-state index contributed by atoms with van der Waals surface area (Å²) in [5.74, 6) is 0.638. The highest BCUT2D eigenvalue weighted by molar-refractivity contribution is 6.39. The highest BCUT2D eigenvalue weighted by Gasteiger charge is 2.29. The molecule has 5 rings (SSSR count). The Labute approximate surface area is 254 Å². The molecule has 1 fully saturated rings. The molecule has 1 saturated heterocycles. The van der Waals surface area contributed by atoms with Gasteiger partial charge in [0.2, 0.25) is 5.95 Å². The fraction of sp³-hybridized carbons (Fsp3) is 0.367. The molecule has 3 heterocycles. The number of carbonyl (C=O) groups is 1. The van der Waals surface area contributed by atoms with Crippen molar-refractivity contribution in [1.82, 2.24) is 19.4 Å². The van der Waals surface area contributed by atoms with E-state index < -0.39 is 5.60 Å². The first-order valence-electron chi connectivity index (χ1n) is 13.5. The zero-order chi connectivity index (χ0) is 29.3. The number of halogens is 3. The summed E-state index contributed by atoms with van der Waals surface area (Å²) in [5.41, 5.74) is 2.61. The minimum Gasteiger partial charge on any atom is -0.506 e. The molecule has 4 aromatic rings. The number of hydrogen-bond acceptors (Lipinski definition) is 6. The first-order chi connectivity index (χ1) is 19.5. The maximum Gasteiger partial charge on any atom is 0.410 e. The molecule has 216 valence electrons. The zero-order valence-corrected chi connectivity index (χ0v) is 25.4. The average Bonchev–Trinajstić information content (AvgIpc) is 3.25. The lowest BCUT2D eigenvalue weighted by atomic mass is 9.98. The first-order valence-corrected chi connectivity index (χ1v) is 14.6. The fourth-order valence-corrected chi connectivity index (χ4v) is 5.86. The molecular weight excluding hydrogens is 585 g/mol. The highest BCUT2D eigenvalue weighted by Crippen LogP contribution is 2.38. The number of piperidine rings is 1. The molecular formula is C30H32Cl3N5O3. The number of rotatable bonds is 6. The van der Waals surface area contributed by atoms with Crippen molar-refractivity contribution in [3.8, 4) is 17.0 Å². The number of nitrogens with zero attached hydrogens (tertiary/aromatic N) is 4. The summed E-state index contributed by atoms with van der Waals surface area (Å²) in [6.07, 6.45) is 3.30. The van der Waals surface area contributed by atoms with Crippen LogP contribution in [0.3, 0.4) is 0 Å². The van der Waals surface area contributed by atoms with E-state index in [1.165, 1.54) is 0 Å². The molecule has 1 atom stereocenters. The Hall–Kier alpha value is -3.20. The third kappa shape index (κ3) is 6.83. The molecule has 2 aromatic carbocycles. The van der Waals surface area contributed by atoms with Gasteiger partial charge in [-0.1, -0.05) is 46.9 Å². The molecule has 0 radical (unpaired) electrons. The van der Waals surface area contributed by atoms with Crippen LogP contribution in [-0.2, 0) is 17.8 Å². The van der Waals surface area contributed by atoms with Crippen molar-refractivity contribution >= 4 is 57.9 Å². The van der Waals surface area contributed by atoms with Gasteiger partial charge in [-0.3, -0.25) is 0 Å². The lowest BCUT2D eigenvalue weighted by Crippen LogP contribution is -2.43. The summed E-state index contributed by atoms with van der Waals surface area (Å²) in [5, 5.41) is 15.2. The third-order valence-corrected chi connectivity index (χ3v) is 7.86. The fourth-order valence-electron chi connectivity index (χ4n) is 5.07. The number of amides is 1. The van der Waals surface area contributed by atoms with Crippen molar-refractivity contribution in [1.29, 1.82) is 0 Å². The second-order valence-corrected chi connectivity index (χ2v) is 12.5. The van der Waals surface area contributed by atoms with Gasteiger partial charge in [-0.05, 0) is 75.4 Å². The van der Waals surface area contributed by atoms with Gasteiger partial charge in [0.05, 0.1) is 20.8 Å². The van der Waals surface area contributed by atoms with Crippen LogP contribution in [0, 0.1) is 5.92 Å². The van der Waals surface area contributed by atoms with E-state index in [2.05, 4.69) is 14.9 Å². The average molecular weight is 617 g/mol. The van der Waals surface area contributed by atoms with Crippen molar-refractivity contribution in [2.24, 2.45) is 5.92 Å². The summed E-state index contributed by atoms with van der Waals surface area (Å²) in [4.78, 5) is 24.0. The number of nitrogens with one attached hydrogen (secondary N) is 1. The number of phenolic OH excluding ortho intramolecular Hbond substituents is 1. The second kappa shape index (κ2) is 12.0. The molecule has 1 aliphatic rings. The number of ether oxygens (including phenoxy) is 1. The minimum absolute atomic E-state index is 0.0321. The highest BCUT2D eigenvalue weighted by atomic mass is 35.5. The number of likely N-dealkylation sites (tertiary alicyclic amines) is 1. The predicted molar refractivity (Wildman–Crippen MR) is 164 cm³/mol. The van der Waals surface area contributed by atoms with Gasteiger partial charge >= 0.3 is 6.09 Å². The molecule has 0 aliphatic carbocycles. The number of hydrogen-bond donors (Lipinski definition) is 2. The smallest absolute Gasteiger partial charge is 0.410 e. The van der Waals surface area contributed by atoms with Gasteiger partial charge in [0, 0.05) is 43.3 Å². The van der Waals surface area contributed by atoms with Crippen LogP contribution in [0.15, 0.2) is 48.7 Å². The van der Waals surface area contributed by atoms with Crippen LogP contribution >= 0.6 is 34.8 Å². The molecule has 1 amide bonds. The Kier molecular flexibility index (Phi) is 8.55. The molecule has 0 bridgehead atoms. The number of anilines is 1. The van der Waals surface area contributed by atoms with E-state index in [1.807, 2.05) is 45.0 Å². The number of aromatic nitrogens is 3. The Balaban J connectivity index is 1.48. The van der Waals surface area contributed by atoms with E-state index in [-0.39, 0.29) is 22.8 Å². The van der Waals surface area contributed by atoms with Crippen molar-refractivity contribution in [2.75, 3.05) is 18.4 Å². The van der Waals surface area contributed by atoms with Gasteiger partial charge in [-0.15, -0.1) is 0 Å². The quantitative estimate of drug-likeness (QED) is 0.228. The number of phenols is 1. The largest absolute Gasteiger partial charge is 0.506 e. The van der Waals surface area contributed by atoms with E-state index in [0.717, 1.165) is 40.7 Å². The van der Waals surface area contributed by atoms with Crippen LogP contribution < -0.4 is 5.32 Å². The molecule has 11 heteroatoms. The maximum atomic E-state index is 12.8. The molecule has 0 spiro atoms. The van der Waals surface area contributed by atoms with Crippen molar-refractivity contribution < 1.29 is 14.6 Å². The van der Waals surface area contributed by atoms with Crippen LogP contribution in [0.5, 0.6) is 5.75 Å². The van der Waals surface area contributed by atoms with E-state index >= 15 is 0 Å². The van der Waals surface area contributed by atoms with Crippen molar-refractivity contribution in [3.05, 3.63) is 69.3 Å². The van der Waals surface area contributed by atoms with Crippen LogP contribution in [0.4, 0.5) is 10.7 Å². The van der Waals surface area contributed by atoms with E-state index in [1.54, 1.807) is 29.3 Å². The van der Waals surface area contributed by atoms with Gasteiger partial charge < -0.3 is 24.6 Å². The molecule has 2 N–H and O–H groups in total. The zero-order valence-electron chi connectivity index (χ0n) is 23.1. The Morgan fingerprint density at radius 2 is 1.88 bits per heavy atom. The molecule has 2 aromatic heterocycles. The summed E-state index contributed by atoms with van der Waals surface area (Å²) >= 11 is 19.4. The topological polar surface area (TPSA) is 92.5 Å². The van der Waals surface area contributed by atoms with E-state index in [9.17, 15) is 9.90 Å². The summed E-state index contributed by atoms with van der Waals surface area (Å²) < 4.78 is 7.76. The van der Waals surface area contributed by atoms with Crippen LogP contribution in [-0.4, -0.2) is 49.3 Å². The Bertz CT molecular complexity index is 1560. The Morgan fingerprint density at radius 1 is 1.12 bits per heavy atom. The van der Waals surface area contributed by atoms with Gasteiger partial charge in [0.15, 0.2) is 0 Å². The van der Waals surface area contributed by atoms with Gasteiger partial charge in [-0.25, -0.2) is 9.78 Å².